The fourth-order valence-corrected chi connectivity index (χ4v) is 3.90. The molecular formula is C23H23FN2O5S. The normalized spacial score (nSPS) is 12.0. The Morgan fingerprint density at radius 1 is 1.00 bits per heavy atom. The van der Waals surface area contributed by atoms with Gasteiger partial charge in [0.05, 0.1) is 17.7 Å². The number of carbonyl (C=O) groups is 1. The number of anilines is 2. The molecule has 0 heterocycles. The lowest BCUT2D eigenvalue weighted by molar-refractivity contribution is -0.122. The molecule has 0 unspecified atom stereocenters. The Labute approximate surface area is 186 Å². The second kappa shape index (κ2) is 9.69. The van der Waals surface area contributed by atoms with Gasteiger partial charge in [0, 0.05) is 5.69 Å². The number of aryl methyl sites for hydroxylation is 1. The highest BCUT2D eigenvalue weighted by molar-refractivity contribution is 7.92. The van der Waals surface area contributed by atoms with Crippen LogP contribution < -0.4 is 19.5 Å². The summed E-state index contributed by atoms with van der Waals surface area (Å²) >= 11 is 0. The number of ether oxygens (including phenoxy) is 2. The number of nitrogens with one attached hydrogen (secondary N) is 2. The quantitative estimate of drug-likeness (QED) is 0.524. The first kappa shape index (κ1) is 23.1. The number of benzene rings is 3. The average Bonchev–Trinajstić information content (AvgIpc) is 2.75. The smallest absolute Gasteiger partial charge is 0.265 e. The molecule has 0 aliphatic heterocycles. The van der Waals surface area contributed by atoms with Gasteiger partial charge in [-0.3, -0.25) is 9.52 Å². The monoisotopic (exact) mass is 458 g/mol. The van der Waals surface area contributed by atoms with Crippen LogP contribution in [-0.2, 0) is 14.8 Å². The number of halogens is 1. The number of hydrogen-bond donors (Lipinski definition) is 2. The fourth-order valence-electron chi connectivity index (χ4n) is 2.84. The minimum atomic E-state index is -3.87. The molecule has 0 spiro atoms. The Morgan fingerprint density at radius 2 is 1.66 bits per heavy atom. The molecule has 3 rings (SSSR count). The minimum Gasteiger partial charge on any atom is -0.495 e. The summed E-state index contributed by atoms with van der Waals surface area (Å²) in [5, 5.41) is 2.65. The zero-order valence-corrected chi connectivity index (χ0v) is 18.6. The van der Waals surface area contributed by atoms with Gasteiger partial charge in [0.25, 0.3) is 15.9 Å². The van der Waals surface area contributed by atoms with Crippen LogP contribution in [0.3, 0.4) is 0 Å². The molecule has 2 N–H and O–H groups in total. The molecule has 0 bridgehead atoms. The molecule has 168 valence electrons. The van der Waals surface area contributed by atoms with Crippen LogP contribution in [0.15, 0.2) is 71.6 Å². The van der Waals surface area contributed by atoms with Gasteiger partial charge in [0.15, 0.2) is 6.10 Å². The van der Waals surface area contributed by atoms with Crippen molar-refractivity contribution in [3.05, 3.63) is 78.1 Å². The van der Waals surface area contributed by atoms with Gasteiger partial charge in [0.1, 0.15) is 17.3 Å². The number of sulfonamides is 1. The van der Waals surface area contributed by atoms with Crippen LogP contribution >= 0.6 is 0 Å². The van der Waals surface area contributed by atoms with E-state index in [1.165, 1.54) is 55.6 Å². The molecule has 7 nitrogen and oxygen atoms in total. The average molecular weight is 459 g/mol. The van der Waals surface area contributed by atoms with Gasteiger partial charge in [-0.1, -0.05) is 6.07 Å². The molecule has 0 radical (unpaired) electrons. The Bertz CT molecular complexity index is 1200. The first-order valence-corrected chi connectivity index (χ1v) is 11.2. The predicted molar refractivity (Wildman–Crippen MR) is 120 cm³/mol. The molecule has 0 saturated heterocycles. The molecule has 1 atom stereocenters. The minimum absolute atomic E-state index is 0.0228. The van der Waals surface area contributed by atoms with Gasteiger partial charge in [0.2, 0.25) is 0 Å². The van der Waals surface area contributed by atoms with Crippen molar-refractivity contribution in [3.63, 3.8) is 0 Å². The van der Waals surface area contributed by atoms with Gasteiger partial charge >= 0.3 is 0 Å². The van der Waals surface area contributed by atoms with E-state index in [1.807, 2.05) is 13.0 Å². The molecule has 9 heteroatoms. The van der Waals surface area contributed by atoms with Crippen LogP contribution in [0.5, 0.6) is 11.5 Å². The van der Waals surface area contributed by atoms with Gasteiger partial charge in [-0.15, -0.1) is 0 Å². The van der Waals surface area contributed by atoms with Gasteiger partial charge in [-0.05, 0) is 80.1 Å². The zero-order chi connectivity index (χ0) is 23.3. The van der Waals surface area contributed by atoms with Crippen molar-refractivity contribution < 1.29 is 27.1 Å². The number of rotatable bonds is 8. The van der Waals surface area contributed by atoms with E-state index in [2.05, 4.69) is 10.0 Å². The fraction of sp³-hybridized carbons (Fsp3) is 0.174. The third kappa shape index (κ3) is 5.76. The van der Waals surface area contributed by atoms with E-state index >= 15 is 0 Å². The Morgan fingerprint density at radius 3 is 2.28 bits per heavy atom. The lowest BCUT2D eigenvalue weighted by Gasteiger charge is -2.15. The summed E-state index contributed by atoms with van der Waals surface area (Å²) in [5.41, 5.74) is 1.60. The van der Waals surface area contributed by atoms with Crippen LogP contribution in [-0.4, -0.2) is 27.5 Å². The van der Waals surface area contributed by atoms with E-state index < -0.39 is 27.9 Å². The van der Waals surface area contributed by atoms with Crippen LogP contribution in [0.1, 0.15) is 12.5 Å². The predicted octanol–water partition coefficient (Wildman–Crippen LogP) is 4.35. The number of hydrogen-bond acceptors (Lipinski definition) is 5. The molecule has 3 aromatic rings. The number of amides is 1. The molecule has 3 aromatic carbocycles. The van der Waals surface area contributed by atoms with E-state index in [0.29, 0.717) is 22.9 Å². The van der Waals surface area contributed by atoms with Crippen molar-refractivity contribution in [3.8, 4) is 11.5 Å². The lowest BCUT2D eigenvalue weighted by Crippen LogP contribution is -2.30. The van der Waals surface area contributed by atoms with E-state index in [1.54, 1.807) is 19.1 Å². The molecule has 0 aliphatic carbocycles. The molecule has 0 aromatic heterocycles. The van der Waals surface area contributed by atoms with Crippen molar-refractivity contribution in [2.75, 3.05) is 17.1 Å². The molecule has 32 heavy (non-hydrogen) atoms. The van der Waals surface area contributed by atoms with Crippen LogP contribution in [0.4, 0.5) is 15.8 Å². The maximum absolute atomic E-state index is 13.0. The summed E-state index contributed by atoms with van der Waals surface area (Å²) in [4.78, 5) is 12.4. The molecule has 1 amide bonds. The lowest BCUT2D eigenvalue weighted by atomic mass is 10.2. The first-order chi connectivity index (χ1) is 15.2. The van der Waals surface area contributed by atoms with Crippen LogP contribution in [0.25, 0.3) is 0 Å². The Balaban J connectivity index is 1.66. The highest BCUT2D eigenvalue weighted by Crippen LogP contribution is 2.28. The summed E-state index contributed by atoms with van der Waals surface area (Å²) in [6, 6.07) is 16.2. The van der Waals surface area contributed by atoms with E-state index in [9.17, 15) is 17.6 Å². The summed E-state index contributed by atoms with van der Waals surface area (Å²) in [6.45, 7) is 3.40. The Kier molecular flexibility index (Phi) is 6.99. The highest BCUT2D eigenvalue weighted by atomic mass is 32.2. The molecule has 0 aliphatic rings. The van der Waals surface area contributed by atoms with Crippen LogP contribution in [0.2, 0.25) is 0 Å². The summed E-state index contributed by atoms with van der Waals surface area (Å²) in [7, 11) is -2.41. The summed E-state index contributed by atoms with van der Waals surface area (Å²) < 4.78 is 51.7. The van der Waals surface area contributed by atoms with Crippen molar-refractivity contribution in [2.45, 2.75) is 24.8 Å². The molecular weight excluding hydrogens is 435 g/mol. The summed E-state index contributed by atoms with van der Waals surface area (Å²) in [6.07, 6.45) is -0.848. The Hall–Kier alpha value is -3.59. The standard InChI is InChI=1S/C23H23FN2O5S/c1-15-4-13-22(30-3)21(14-15)26-32(28,29)20-11-7-18(8-12-20)25-23(27)16(2)31-19-9-5-17(24)6-10-19/h4-14,16,26H,1-3H3,(H,25,27)/t16-/m1/s1. The second-order valence-corrected chi connectivity index (χ2v) is 8.72. The first-order valence-electron chi connectivity index (χ1n) is 9.68. The number of carbonyl (C=O) groups excluding carboxylic acids is 1. The highest BCUT2D eigenvalue weighted by Gasteiger charge is 2.18. The van der Waals surface area contributed by atoms with Crippen molar-refractivity contribution in [1.82, 2.24) is 0 Å². The maximum atomic E-state index is 13.0. The third-order valence-corrected chi connectivity index (χ3v) is 5.91. The number of methoxy groups -OCH3 is 1. The van der Waals surface area contributed by atoms with E-state index in [-0.39, 0.29) is 4.90 Å². The van der Waals surface area contributed by atoms with Gasteiger partial charge in [-0.2, -0.15) is 0 Å². The van der Waals surface area contributed by atoms with Crippen molar-refractivity contribution in [2.24, 2.45) is 0 Å². The second-order valence-electron chi connectivity index (χ2n) is 7.04. The van der Waals surface area contributed by atoms with E-state index in [0.717, 1.165) is 5.56 Å². The zero-order valence-electron chi connectivity index (χ0n) is 17.8. The van der Waals surface area contributed by atoms with Gasteiger partial charge in [-0.25, -0.2) is 12.8 Å². The molecule has 0 saturated carbocycles. The van der Waals surface area contributed by atoms with Crippen LogP contribution in [0, 0.1) is 12.7 Å². The van der Waals surface area contributed by atoms with E-state index in [4.69, 9.17) is 9.47 Å². The topological polar surface area (TPSA) is 93.7 Å². The van der Waals surface area contributed by atoms with Crippen molar-refractivity contribution in [1.29, 1.82) is 0 Å². The maximum Gasteiger partial charge on any atom is 0.265 e. The largest absolute Gasteiger partial charge is 0.495 e. The SMILES string of the molecule is COc1ccc(C)cc1NS(=O)(=O)c1ccc(NC(=O)[C@@H](C)Oc2ccc(F)cc2)cc1. The summed E-state index contributed by atoms with van der Waals surface area (Å²) in [5.74, 6) is -0.0845. The van der Waals surface area contributed by atoms with Crippen molar-refractivity contribution >= 4 is 27.3 Å². The molecule has 0 fully saturated rings. The third-order valence-electron chi connectivity index (χ3n) is 4.53. The van der Waals surface area contributed by atoms with Gasteiger partial charge < -0.3 is 14.8 Å².